The lowest BCUT2D eigenvalue weighted by Crippen LogP contribution is -2.12. The van der Waals surface area contributed by atoms with Crippen molar-refractivity contribution in [1.29, 1.82) is 0 Å². The van der Waals surface area contributed by atoms with Crippen LogP contribution in [0.2, 0.25) is 0 Å². The number of nitrogens with zero attached hydrogens (tertiary/aromatic N) is 3. The summed E-state index contributed by atoms with van der Waals surface area (Å²) in [5, 5.41) is 14.8. The molecule has 0 fully saturated rings. The summed E-state index contributed by atoms with van der Waals surface area (Å²) in [6, 6.07) is 16.5. The fraction of sp³-hybridized carbons (Fsp3) is 0.333. The van der Waals surface area contributed by atoms with Crippen molar-refractivity contribution in [2.75, 3.05) is 25.6 Å². The number of nitrogens with one attached hydrogen (secondary N) is 1. The van der Waals surface area contributed by atoms with E-state index in [-0.39, 0.29) is 0 Å². The molecule has 0 aliphatic rings. The highest BCUT2D eigenvalue weighted by molar-refractivity contribution is 5.98. The number of fused-ring (bicyclic) bond motifs is 1. The lowest BCUT2D eigenvalue weighted by atomic mass is 10.0. The summed E-state index contributed by atoms with van der Waals surface area (Å²) < 4.78 is 13.6. The Balaban J connectivity index is 1.77. The Morgan fingerprint density at radius 2 is 1.70 bits per heavy atom. The second kappa shape index (κ2) is 9.53. The molecule has 1 atom stereocenters. The molecule has 1 unspecified atom stereocenters. The summed E-state index contributed by atoms with van der Waals surface area (Å²) in [7, 11) is 1.69. The maximum atomic E-state index is 5.73. The van der Waals surface area contributed by atoms with E-state index in [1.807, 2.05) is 38.1 Å². The van der Waals surface area contributed by atoms with Gasteiger partial charge in [-0.05, 0) is 51.3 Å². The average molecular weight is 445 g/mol. The molecule has 0 aliphatic carbocycles. The van der Waals surface area contributed by atoms with Crippen LogP contribution in [0.5, 0.6) is 11.5 Å². The van der Waals surface area contributed by atoms with Gasteiger partial charge < -0.3 is 19.4 Å². The molecule has 6 heteroatoms. The minimum Gasteiger partial charge on any atom is -0.494 e. The lowest BCUT2D eigenvalue weighted by Gasteiger charge is -2.16. The van der Waals surface area contributed by atoms with Crippen molar-refractivity contribution < 1.29 is 9.47 Å². The summed E-state index contributed by atoms with van der Waals surface area (Å²) in [4.78, 5) is 0. The third-order valence-corrected chi connectivity index (χ3v) is 6.19. The zero-order valence-electron chi connectivity index (χ0n) is 20.3. The predicted octanol–water partition coefficient (Wildman–Crippen LogP) is 5.97. The fourth-order valence-electron chi connectivity index (χ4n) is 4.53. The normalized spacial score (nSPS) is 12.1. The number of aryl methyl sites for hydroxylation is 3. The van der Waals surface area contributed by atoms with Gasteiger partial charge in [-0.3, -0.25) is 0 Å². The molecule has 0 aliphatic heterocycles. The van der Waals surface area contributed by atoms with E-state index in [9.17, 15) is 0 Å². The van der Waals surface area contributed by atoms with Crippen LogP contribution >= 0.6 is 0 Å². The van der Waals surface area contributed by atoms with E-state index < -0.39 is 0 Å². The molecule has 2 aromatic carbocycles. The molecule has 0 amide bonds. The molecule has 0 saturated heterocycles. The Bertz CT molecular complexity index is 1260. The van der Waals surface area contributed by atoms with Gasteiger partial charge in [0.2, 0.25) is 0 Å². The smallest absolute Gasteiger partial charge is 0.158 e. The van der Waals surface area contributed by atoms with Gasteiger partial charge in [0, 0.05) is 34.8 Å². The van der Waals surface area contributed by atoms with Crippen molar-refractivity contribution in [2.45, 2.75) is 40.5 Å². The third-order valence-electron chi connectivity index (χ3n) is 6.19. The number of ether oxygens (including phenoxy) is 2. The van der Waals surface area contributed by atoms with Crippen LogP contribution in [0.15, 0.2) is 48.5 Å². The summed E-state index contributed by atoms with van der Waals surface area (Å²) in [6.07, 6.45) is 0. The monoisotopic (exact) mass is 444 g/mol. The largest absolute Gasteiger partial charge is 0.494 e. The molecule has 0 bridgehead atoms. The first-order valence-electron chi connectivity index (χ1n) is 11.4. The Hall–Kier alpha value is -3.54. The van der Waals surface area contributed by atoms with Gasteiger partial charge in [0.15, 0.2) is 5.82 Å². The minimum atomic E-state index is 0.346. The van der Waals surface area contributed by atoms with Crippen LogP contribution in [0.3, 0.4) is 0 Å². The van der Waals surface area contributed by atoms with Crippen molar-refractivity contribution in [3.8, 4) is 17.2 Å². The molecule has 4 rings (SSSR count). The first kappa shape index (κ1) is 22.6. The fourth-order valence-corrected chi connectivity index (χ4v) is 4.53. The van der Waals surface area contributed by atoms with E-state index >= 15 is 0 Å². The molecule has 172 valence electrons. The minimum absolute atomic E-state index is 0.346. The molecule has 33 heavy (non-hydrogen) atoms. The summed E-state index contributed by atoms with van der Waals surface area (Å²) >= 11 is 0. The Labute approximate surface area is 195 Å². The maximum absolute atomic E-state index is 5.73. The van der Waals surface area contributed by atoms with Crippen molar-refractivity contribution in [1.82, 2.24) is 14.8 Å². The van der Waals surface area contributed by atoms with Crippen LogP contribution in [-0.4, -0.2) is 35.0 Å². The second-order valence-corrected chi connectivity index (χ2v) is 8.35. The molecule has 0 saturated carbocycles. The maximum Gasteiger partial charge on any atom is 0.158 e. The standard InChI is InChI=1S/C27H32N4O2/c1-7-33-22-13-14-23(24(15-22)32-6)31-19(4)25-18(3)29-30-27(26(25)20(31)5)28-16-17(2)21-11-9-8-10-12-21/h8-15,17H,7,16H2,1-6H3,(H,28,30). The summed E-state index contributed by atoms with van der Waals surface area (Å²) in [6.45, 7) is 11.8. The van der Waals surface area contributed by atoms with Crippen LogP contribution in [0.25, 0.3) is 16.5 Å². The van der Waals surface area contributed by atoms with Crippen LogP contribution in [0, 0.1) is 20.8 Å². The Kier molecular flexibility index (Phi) is 6.54. The first-order valence-corrected chi connectivity index (χ1v) is 11.4. The lowest BCUT2D eigenvalue weighted by molar-refractivity contribution is 0.336. The van der Waals surface area contributed by atoms with Crippen LogP contribution in [0.4, 0.5) is 5.82 Å². The van der Waals surface area contributed by atoms with Crippen molar-refractivity contribution in [2.24, 2.45) is 0 Å². The Morgan fingerprint density at radius 3 is 2.39 bits per heavy atom. The number of hydrogen-bond acceptors (Lipinski definition) is 5. The summed E-state index contributed by atoms with van der Waals surface area (Å²) in [5.41, 5.74) is 5.38. The van der Waals surface area contributed by atoms with Crippen molar-refractivity contribution in [3.05, 3.63) is 71.2 Å². The van der Waals surface area contributed by atoms with Crippen molar-refractivity contribution >= 4 is 16.6 Å². The molecule has 4 aromatic rings. The number of benzene rings is 2. The quantitative estimate of drug-likeness (QED) is 0.363. The van der Waals surface area contributed by atoms with Gasteiger partial charge in [-0.15, -0.1) is 5.10 Å². The Morgan fingerprint density at radius 1 is 0.970 bits per heavy atom. The highest BCUT2D eigenvalue weighted by Crippen LogP contribution is 2.37. The van der Waals surface area contributed by atoms with E-state index in [4.69, 9.17) is 9.47 Å². The molecular formula is C27H32N4O2. The zero-order chi connectivity index (χ0) is 23.5. The molecule has 2 heterocycles. The molecule has 0 spiro atoms. The van der Waals surface area contributed by atoms with Gasteiger partial charge in [0.1, 0.15) is 11.5 Å². The van der Waals surface area contributed by atoms with Gasteiger partial charge in [0.25, 0.3) is 0 Å². The van der Waals surface area contributed by atoms with Crippen LogP contribution < -0.4 is 14.8 Å². The van der Waals surface area contributed by atoms with Gasteiger partial charge in [-0.25, -0.2) is 0 Å². The molecule has 0 radical (unpaired) electrons. The molecule has 6 nitrogen and oxygen atoms in total. The zero-order valence-corrected chi connectivity index (χ0v) is 20.3. The predicted molar refractivity (Wildman–Crippen MR) is 134 cm³/mol. The highest BCUT2D eigenvalue weighted by atomic mass is 16.5. The van der Waals surface area contributed by atoms with Gasteiger partial charge >= 0.3 is 0 Å². The first-order chi connectivity index (χ1) is 16.0. The van der Waals surface area contributed by atoms with Crippen LogP contribution in [0.1, 0.15) is 42.4 Å². The number of aromatic nitrogens is 3. The SMILES string of the molecule is CCOc1ccc(-n2c(C)c3c(C)nnc(NCC(C)c4ccccc4)c3c2C)c(OC)c1. The number of methoxy groups -OCH3 is 1. The van der Waals surface area contributed by atoms with Crippen molar-refractivity contribution in [3.63, 3.8) is 0 Å². The second-order valence-electron chi connectivity index (χ2n) is 8.35. The topological polar surface area (TPSA) is 61.2 Å². The van der Waals surface area contributed by atoms with E-state index in [1.54, 1.807) is 7.11 Å². The van der Waals surface area contributed by atoms with E-state index in [0.29, 0.717) is 12.5 Å². The number of anilines is 1. The molecule has 1 N–H and O–H groups in total. The average Bonchev–Trinajstić information content (AvgIpc) is 3.10. The summed E-state index contributed by atoms with van der Waals surface area (Å²) in [5.74, 6) is 2.71. The third kappa shape index (κ3) is 4.25. The molecular weight excluding hydrogens is 412 g/mol. The number of hydrogen-bond donors (Lipinski definition) is 1. The van der Waals surface area contributed by atoms with E-state index in [2.05, 4.69) is 65.1 Å². The highest BCUT2D eigenvalue weighted by Gasteiger charge is 2.21. The molecule has 2 aromatic heterocycles. The van der Waals surface area contributed by atoms with Gasteiger partial charge in [-0.2, -0.15) is 5.10 Å². The van der Waals surface area contributed by atoms with Gasteiger partial charge in [0.05, 0.1) is 25.1 Å². The van der Waals surface area contributed by atoms with Gasteiger partial charge in [-0.1, -0.05) is 37.3 Å². The van der Waals surface area contributed by atoms with Crippen LogP contribution in [-0.2, 0) is 0 Å². The van der Waals surface area contributed by atoms with E-state index in [1.165, 1.54) is 5.56 Å². The number of rotatable bonds is 8. The van der Waals surface area contributed by atoms with E-state index in [0.717, 1.165) is 57.4 Å².